The number of hydrogen-bond donors (Lipinski definition) is 2. The number of nitrogens with one attached hydrogen (secondary N) is 1. The van der Waals surface area contributed by atoms with Crippen LogP contribution in [0.3, 0.4) is 0 Å². The van der Waals surface area contributed by atoms with E-state index in [-0.39, 0.29) is 11.2 Å². The third-order valence-corrected chi connectivity index (χ3v) is 3.99. The van der Waals surface area contributed by atoms with E-state index in [9.17, 15) is 9.59 Å². The highest BCUT2D eigenvalue weighted by Crippen LogP contribution is 2.24. The molecule has 108 valence electrons. The van der Waals surface area contributed by atoms with E-state index in [1.54, 1.807) is 24.3 Å². The molecule has 4 nitrogen and oxygen atoms in total. The first-order valence-electron chi connectivity index (χ1n) is 6.49. The van der Waals surface area contributed by atoms with Crippen molar-refractivity contribution in [3.8, 4) is 0 Å². The molecule has 2 aromatic rings. The van der Waals surface area contributed by atoms with E-state index in [2.05, 4.69) is 5.32 Å². The number of rotatable bonds is 5. The summed E-state index contributed by atoms with van der Waals surface area (Å²) in [6.45, 7) is 1.82. The lowest BCUT2D eigenvalue weighted by Crippen LogP contribution is -2.24. The summed E-state index contributed by atoms with van der Waals surface area (Å²) in [4.78, 5) is 24.6. The molecule has 0 saturated carbocycles. The molecule has 0 aliphatic rings. The summed E-state index contributed by atoms with van der Waals surface area (Å²) in [6, 6.07) is 16.4. The van der Waals surface area contributed by atoms with E-state index in [1.165, 1.54) is 11.8 Å². The van der Waals surface area contributed by atoms with Crippen molar-refractivity contribution in [2.45, 2.75) is 17.1 Å². The van der Waals surface area contributed by atoms with Crippen LogP contribution in [-0.4, -0.2) is 17.1 Å². The molecule has 2 rings (SSSR count). The van der Waals surface area contributed by atoms with Crippen molar-refractivity contribution in [2.75, 3.05) is 5.32 Å². The van der Waals surface area contributed by atoms with Crippen LogP contribution in [0.4, 0.5) is 5.69 Å². The molecule has 0 fully saturated rings. The van der Waals surface area contributed by atoms with Gasteiger partial charge in [-0.3, -0.25) is 9.59 Å². The van der Waals surface area contributed by atoms with Crippen LogP contribution in [0.1, 0.15) is 17.3 Å². The largest absolute Gasteiger partial charge is 0.366 e. The normalized spacial score (nSPS) is 11.7. The lowest BCUT2D eigenvalue weighted by Gasteiger charge is -2.13. The molecule has 0 radical (unpaired) electrons. The Hall–Kier alpha value is -2.27. The van der Waals surface area contributed by atoms with Crippen LogP contribution >= 0.6 is 11.8 Å². The molecule has 0 aliphatic carbocycles. The van der Waals surface area contributed by atoms with Gasteiger partial charge in [-0.25, -0.2) is 0 Å². The van der Waals surface area contributed by atoms with Gasteiger partial charge in [-0.15, -0.1) is 11.8 Å². The Morgan fingerprint density at radius 3 is 2.33 bits per heavy atom. The Kier molecular flexibility index (Phi) is 5.00. The van der Waals surface area contributed by atoms with Crippen molar-refractivity contribution >= 4 is 29.3 Å². The van der Waals surface area contributed by atoms with Gasteiger partial charge in [0.2, 0.25) is 5.91 Å². The molecule has 0 aliphatic heterocycles. The minimum atomic E-state index is -0.561. The summed E-state index contributed by atoms with van der Waals surface area (Å²) < 4.78 is 0. The average Bonchev–Trinajstić information content (AvgIpc) is 2.48. The smallest absolute Gasteiger partial charge is 0.250 e. The van der Waals surface area contributed by atoms with E-state index < -0.39 is 5.91 Å². The third-order valence-electron chi connectivity index (χ3n) is 2.88. The fourth-order valence-corrected chi connectivity index (χ4v) is 2.69. The maximum Gasteiger partial charge on any atom is 0.250 e. The molecule has 3 N–H and O–H groups in total. The summed E-state index contributed by atoms with van der Waals surface area (Å²) >= 11 is 1.46. The first-order valence-corrected chi connectivity index (χ1v) is 7.37. The highest BCUT2D eigenvalue weighted by molar-refractivity contribution is 8.00. The van der Waals surface area contributed by atoms with Crippen molar-refractivity contribution in [1.29, 1.82) is 0 Å². The van der Waals surface area contributed by atoms with Gasteiger partial charge in [0.05, 0.1) is 16.5 Å². The van der Waals surface area contributed by atoms with Crippen LogP contribution in [-0.2, 0) is 4.79 Å². The molecule has 0 bridgehead atoms. The summed E-state index contributed by atoms with van der Waals surface area (Å²) in [5.74, 6) is -0.730. The molecule has 0 heterocycles. The monoisotopic (exact) mass is 300 g/mol. The lowest BCUT2D eigenvalue weighted by molar-refractivity contribution is -0.115. The van der Waals surface area contributed by atoms with E-state index >= 15 is 0 Å². The van der Waals surface area contributed by atoms with Crippen molar-refractivity contribution in [3.05, 3.63) is 60.2 Å². The van der Waals surface area contributed by atoms with Crippen molar-refractivity contribution in [3.63, 3.8) is 0 Å². The second-order valence-corrected chi connectivity index (χ2v) is 5.89. The van der Waals surface area contributed by atoms with Gasteiger partial charge in [-0.1, -0.05) is 30.3 Å². The molecule has 2 aromatic carbocycles. The molecule has 0 saturated heterocycles. The van der Waals surface area contributed by atoms with Gasteiger partial charge in [0, 0.05) is 4.90 Å². The topological polar surface area (TPSA) is 72.2 Å². The maximum absolute atomic E-state index is 12.2. The highest BCUT2D eigenvalue weighted by Gasteiger charge is 2.16. The van der Waals surface area contributed by atoms with Gasteiger partial charge >= 0.3 is 0 Å². The van der Waals surface area contributed by atoms with Gasteiger partial charge in [-0.05, 0) is 31.2 Å². The Bertz CT molecular complexity index is 644. The molecule has 2 amide bonds. The summed E-state index contributed by atoms with van der Waals surface area (Å²) in [5.41, 5.74) is 6.04. The highest BCUT2D eigenvalue weighted by atomic mass is 32.2. The molecule has 0 spiro atoms. The van der Waals surface area contributed by atoms with E-state index in [1.807, 2.05) is 37.3 Å². The van der Waals surface area contributed by atoms with Crippen LogP contribution in [0, 0.1) is 0 Å². The van der Waals surface area contributed by atoms with Crippen LogP contribution in [0.5, 0.6) is 0 Å². The van der Waals surface area contributed by atoms with Gasteiger partial charge < -0.3 is 11.1 Å². The number of benzene rings is 2. The van der Waals surface area contributed by atoms with Crippen molar-refractivity contribution in [2.24, 2.45) is 5.73 Å². The lowest BCUT2D eigenvalue weighted by atomic mass is 10.1. The number of nitrogens with two attached hydrogens (primary N) is 1. The average molecular weight is 300 g/mol. The van der Waals surface area contributed by atoms with Gasteiger partial charge in [0.15, 0.2) is 0 Å². The zero-order chi connectivity index (χ0) is 15.2. The number of carbonyl (C=O) groups excluding carboxylic acids is 2. The van der Waals surface area contributed by atoms with E-state index in [4.69, 9.17) is 5.73 Å². The second-order valence-electron chi connectivity index (χ2n) is 4.47. The van der Waals surface area contributed by atoms with Crippen LogP contribution < -0.4 is 11.1 Å². The standard InChI is InChI=1S/C16H16N2O2S/c1-11(21-12-7-3-2-4-8-12)16(20)18-14-10-6-5-9-13(14)15(17)19/h2-11H,1H3,(H2,17,19)(H,18,20). The van der Waals surface area contributed by atoms with Gasteiger partial charge in [0.25, 0.3) is 5.91 Å². The van der Waals surface area contributed by atoms with Crippen molar-refractivity contribution in [1.82, 2.24) is 0 Å². The van der Waals surface area contributed by atoms with Gasteiger partial charge in [-0.2, -0.15) is 0 Å². The third kappa shape index (κ3) is 4.10. The minimum Gasteiger partial charge on any atom is -0.366 e. The quantitative estimate of drug-likeness (QED) is 0.834. The van der Waals surface area contributed by atoms with E-state index in [0.29, 0.717) is 11.3 Å². The SMILES string of the molecule is CC(Sc1ccccc1)C(=O)Nc1ccccc1C(N)=O. The van der Waals surface area contributed by atoms with Crippen LogP contribution in [0.25, 0.3) is 0 Å². The fraction of sp³-hybridized carbons (Fsp3) is 0.125. The Morgan fingerprint density at radius 1 is 1.05 bits per heavy atom. The zero-order valence-corrected chi connectivity index (χ0v) is 12.4. The predicted octanol–water partition coefficient (Wildman–Crippen LogP) is 2.90. The van der Waals surface area contributed by atoms with Crippen molar-refractivity contribution < 1.29 is 9.59 Å². The Labute approximate surface area is 127 Å². The minimum absolute atomic E-state index is 0.169. The Morgan fingerprint density at radius 2 is 1.67 bits per heavy atom. The molecule has 1 atom stereocenters. The number of thioether (sulfide) groups is 1. The number of amides is 2. The number of anilines is 1. The maximum atomic E-state index is 12.2. The fourth-order valence-electron chi connectivity index (χ4n) is 1.80. The van der Waals surface area contributed by atoms with Gasteiger partial charge in [0.1, 0.15) is 0 Å². The zero-order valence-electron chi connectivity index (χ0n) is 11.6. The molecule has 0 aromatic heterocycles. The molecular weight excluding hydrogens is 284 g/mol. The van der Waals surface area contributed by atoms with E-state index in [0.717, 1.165) is 4.90 Å². The summed E-state index contributed by atoms with van der Waals surface area (Å²) in [6.07, 6.45) is 0. The molecule has 5 heteroatoms. The Balaban J connectivity index is 2.06. The summed E-state index contributed by atoms with van der Waals surface area (Å²) in [5, 5.41) is 2.47. The first-order chi connectivity index (χ1) is 10.1. The number of para-hydroxylation sites is 1. The summed E-state index contributed by atoms with van der Waals surface area (Å²) in [7, 11) is 0. The first kappa shape index (κ1) is 15.1. The predicted molar refractivity (Wildman–Crippen MR) is 85.4 cm³/mol. The molecular formula is C16H16N2O2S. The number of primary amides is 1. The number of carbonyl (C=O) groups is 2. The molecule has 1 unspecified atom stereocenters. The van der Waals surface area contributed by atoms with Crippen LogP contribution in [0.2, 0.25) is 0 Å². The second kappa shape index (κ2) is 6.95. The molecule has 21 heavy (non-hydrogen) atoms. The van der Waals surface area contributed by atoms with Crippen LogP contribution in [0.15, 0.2) is 59.5 Å². The number of hydrogen-bond acceptors (Lipinski definition) is 3.